The highest BCUT2D eigenvalue weighted by Gasteiger charge is 2.27. The van der Waals surface area contributed by atoms with Crippen LogP contribution in [0.15, 0.2) is 56.6 Å². The molecular formula is C24H29N3O5S. The van der Waals surface area contributed by atoms with Gasteiger partial charge in [-0.2, -0.15) is 4.31 Å². The van der Waals surface area contributed by atoms with E-state index in [0.717, 1.165) is 29.6 Å². The summed E-state index contributed by atoms with van der Waals surface area (Å²) in [6.45, 7) is 5.46. The van der Waals surface area contributed by atoms with Crippen LogP contribution in [0.1, 0.15) is 38.7 Å². The summed E-state index contributed by atoms with van der Waals surface area (Å²) in [5.74, 6) is -0.454. The number of amides is 1. The van der Waals surface area contributed by atoms with Crippen molar-refractivity contribution in [3.05, 3.63) is 58.6 Å². The fraction of sp³-hybridized carbons (Fsp3) is 0.417. The van der Waals surface area contributed by atoms with Gasteiger partial charge >= 0.3 is 5.76 Å². The van der Waals surface area contributed by atoms with Crippen molar-refractivity contribution in [3.63, 3.8) is 0 Å². The molecule has 0 radical (unpaired) electrons. The summed E-state index contributed by atoms with van der Waals surface area (Å²) in [6, 6.07) is 12.3. The molecule has 1 aliphatic heterocycles. The minimum Gasteiger partial charge on any atom is -0.408 e. The highest BCUT2D eigenvalue weighted by Crippen LogP contribution is 2.31. The Labute approximate surface area is 193 Å². The van der Waals surface area contributed by atoms with Crippen molar-refractivity contribution in [1.82, 2.24) is 8.87 Å². The molecule has 3 aromatic rings. The first-order valence-corrected chi connectivity index (χ1v) is 12.8. The highest BCUT2D eigenvalue weighted by molar-refractivity contribution is 7.89. The molecule has 0 bridgehead atoms. The molecule has 2 heterocycles. The third-order valence-electron chi connectivity index (χ3n) is 6.16. The standard InChI is InChI=1S/C24H29N3O5S/c1-3-25(4-2)33(30,31)19-13-14-20-18(17-19)9-7-15-26(20)23(28)12-8-16-27-21-10-5-6-11-22(21)32-24(27)29/h5-6,10-11,13-14,17H,3-4,7-9,12,15-16H2,1-2H3. The summed E-state index contributed by atoms with van der Waals surface area (Å²) < 4.78 is 34.0. The van der Waals surface area contributed by atoms with Gasteiger partial charge in [0.2, 0.25) is 15.9 Å². The Morgan fingerprint density at radius 1 is 1.12 bits per heavy atom. The summed E-state index contributed by atoms with van der Waals surface area (Å²) in [7, 11) is -3.55. The summed E-state index contributed by atoms with van der Waals surface area (Å²) in [5.41, 5.74) is 2.91. The average molecular weight is 472 g/mol. The van der Waals surface area contributed by atoms with Gasteiger partial charge in [-0.25, -0.2) is 13.2 Å². The molecule has 8 nitrogen and oxygen atoms in total. The Kier molecular flexibility index (Phi) is 6.71. The van der Waals surface area contributed by atoms with E-state index in [1.165, 1.54) is 4.31 Å². The number of benzene rings is 2. The van der Waals surface area contributed by atoms with E-state index in [2.05, 4.69) is 0 Å². The molecule has 0 saturated carbocycles. The lowest BCUT2D eigenvalue weighted by Crippen LogP contribution is -2.36. The van der Waals surface area contributed by atoms with Gasteiger partial charge in [0.05, 0.1) is 10.4 Å². The molecule has 4 rings (SSSR count). The minimum absolute atomic E-state index is 0.0313. The lowest BCUT2D eigenvalue weighted by Gasteiger charge is -2.30. The number of carbonyl (C=O) groups excluding carboxylic acids is 1. The van der Waals surface area contributed by atoms with E-state index in [1.54, 1.807) is 33.7 Å². The monoisotopic (exact) mass is 471 g/mol. The number of hydrogen-bond donors (Lipinski definition) is 0. The number of oxazole rings is 1. The Morgan fingerprint density at radius 2 is 1.88 bits per heavy atom. The van der Waals surface area contributed by atoms with E-state index in [0.29, 0.717) is 38.2 Å². The molecule has 1 amide bonds. The molecule has 0 saturated heterocycles. The zero-order valence-electron chi connectivity index (χ0n) is 19.0. The van der Waals surface area contributed by atoms with Crippen LogP contribution in [0.4, 0.5) is 5.69 Å². The van der Waals surface area contributed by atoms with Gasteiger partial charge in [0.1, 0.15) is 0 Å². The van der Waals surface area contributed by atoms with Gasteiger partial charge in [-0.1, -0.05) is 26.0 Å². The van der Waals surface area contributed by atoms with Crippen molar-refractivity contribution in [3.8, 4) is 0 Å². The number of rotatable bonds is 8. The third kappa shape index (κ3) is 4.47. The second kappa shape index (κ2) is 9.52. The number of hydrogen-bond acceptors (Lipinski definition) is 5. The first-order chi connectivity index (χ1) is 15.9. The van der Waals surface area contributed by atoms with Crippen molar-refractivity contribution in [2.75, 3.05) is 24.5 Å². The first kappa shape index (κ1) is 23.3. The molecule has 0 fully saturated rings. The molecule has 1 aliphatic rings. The van der Waals surface area contributed by atoms with E-state index in [4.69, 9.17) is 4.42 Å². The van der Waals surface area contributed by atoms with Gasteiger partial charge < -0.3 is 9.32 Å². The third-order valence-corrected chi connectivity index (χ3v) is 8.21. The minimum atomic E-state index is -3.55. The second-order valence-electron chi connectivity index (χ2n) is 8.12. The fourth-order valence-corrected chi connectivity index (χ4v) is 5.96. The van der Waals surface area contributed by atoms with Crippen LogP contribution in [0, 0.1) is 0 Å². The Bertz CT molecular complexity index is 1320. The number of aryl methyl sites for hydroxylation is 2. The SMILES string of the molecule is CCN(CC)S(=O)(=O)c1ccc2c(c1)CCCN2C(=O)CCCn1c(=O)oc2ccccc21. The number of nitrogens with zero attached hydrogens (tertiary/aromatic N) is 3. The zero-order valence-corrected chi connectivity index (χ0v) is 19.8. The summed E-state index contributed by atoms with van der Waals surface area (Å²) >= 11 is 0. The first-order valence-electron chi connectivity index (χ1n) is 11.4. The number of para-hydroxylation sites is 2. The van der Waals surface area contributed by atoms with Crippen molar-refractivity contribution in [1.29, 1.82) is 0 Å². The smallest absolute Gasteiger partial charge is 0.408 e. The maximum Gasteiger partial charge on any atom is 0.419 e. The largest absolute Gasteiger partial charge is 0.419 e. The topological polar surface area (TPSA) is 92.8 Å². The van der Waals surface area contributed by atoms with Crippen LogP contribution in [0.2, 0.25) is 0 Å². The molecular weight excluding hydrogens is 442 g/mol. The maximum absolute atomic E-state index is 13.0. The lowest BCUT2D eigenvalue weighted by atomic mass is 10.0. The molecule has 0 spiro atoms. The second-order valence-corrected chi connectivity index (χ2v) is 10.1. The normalized spacial score (nSPS) is 14.1. The molecule has 0 aliphatic carbocycles. The van der Waals surface area contributed by atoms with Crippen LogP contribution < -0.4 is 10.7 Å². The zero-order chi connectivity index (χ0) is 23.6. The summed E-state index contributed by atoms with van der Waals surface area (Å²) in [5, 5.41) is 0. The van der Waals surface area contributed by atoms with Gasteiger partial charge in [-0.15, -0.1) is 0 Å². The molecule has 176 valence electrons. The number of sulfonamides is 1. The van der Waals surface area contributed by atoms with E-state index in [-0.39, 0.29) is 17.2 Å². The fourth-order valence-electron chi connectivity index (χ4n) is 4.45. The van der Waals surface area contributed by atoms with Crippen LogP contribution in [0.25, 0.3) is 11.1 Å². The number of anilines is 1. The van der Waals surface area contributed by atoms with E-state index >= 15 is 0 Å². The van der Waals surface area contributed by atoms with Gasteiger partial charge in [0.15, 0.2) is 5.58 Å². The molecule has 2 aromatic carbocycles. The van der Waals surface area contributed by atoms with Crippen molar-refractivity contribution < 1.29 is 17.6 Å². The molecule has 0 unspecified atom stereocenters. The van der Waals surface area contributed by atoms with E-state index < -0.39 is 15.8 Å². The number of aromatic nitrogens is 1. The highest BCUT2D eigenvalue weighted by atomic mass is 32.2. The molecule has 33 heavy (non-hydrogen) atoms. The summed E-state index contributed by atoms with van der Waals surface area (Å²) in [4.78, 5) is 27.1. The van der Waals surface area contributed by atoms with Crippen LogP contribution >= 0.6 is 0 Å². The van der Waals surface area contributed by atoms with Gasteiger partial charge in [-0.05, 0) is 55.2 Å². The van der Waals surface area contributed by atoms with E-state index in [9.17, 15) is 18.0 Å². The van der Waals surface area contributed by atoms with Gasteiger partial charge in [-0.3, -0.25) is 9.36 Å². The van der Waals surface area contributed by atoms with E-state index in [1.807, 2.05) is 32.0 Å². The van der Waals surface area contributed by atoms with Crippen molar-refractivity contribution >= 4 is 32.7 Å². The molecule has 1 aromatic heterocycles. The maximum atomic E-state index is 13.0. The van der Waals surface area contributed by atoms with Crippen LogP contribution in [0.3, 0.4) is 0 Å². The van der Waals surface area contributed by atoms with Crippen molar-refractivity contribution in [2.24, 2.45) is 0 Å². The van der Waals surface area contributed by atoms with Crippen LogP contribution in [-0.4, -0.2) is 42.8 Å². The average Bonchev–Trinajstić information content (AvgIpc) is 3.13. The Balaban J connectivity index is 1.48. The van der Waals surface area contributed by atoms with Crippen LogP contribution in [-0.2, 0) is 27.8 Å². The molecule has 0 N–H and O–H groups in total. The summed E-state index contributed by atoms with van der Waals surface area (Å²) in [6.07, 6.45) is 2.30. The Morgan fingerprint density at radius 3 is 2.64 bits per heavy atom. The number of fused-ring (bicyclic) bond motifs is 2. The predicted octanol–water partition coefficient (Wildman–Crippen LogP) is 3.38. The lowest BCUT2D eigenvalue weighted by molar-refractivity contribution is -0.118. The quantitative estimate of drug-likeness (QED) is 0.502. The van der Waals surface area contributed by atoms with Gasteiger partial charge in [0.25, 0.3) is 0 Å². The number of carbonyl (C=O) groups is 1. The van der Waals surface area contributed by atoms with Crippen molar-refractivity contribution in [2.45, 2.75) is 51.0 Å². The molecule has 9 heteroatoms. The van der Waals surface area contributed by atoms with Crippen LogP contribution in [0.5, 0.6) is 0 Å². The predicted molar refractivity (Wildman–Crippen MR) is 127 cm³/mol. The van der Waals surface area contributed by atoms with Gasteiger partial charge in [0, 0.05) is 38.3 Å². The Hall–Kier alpha value is -2.91. The molecule has 0 atom stereocenters.